The van der Waals surface area contributed by atoms with E-state index in [1.807, 2.05) is 11.8 Å². The Bertz CT molecular complexity index is 430. The zero-order valence-electron chi connectivity index (χ0n) is 9.67. The Labute approximate surface area is 99.0 Å². The van der Waals surface area contributed by atoms with Gasteiger partial charge in [0.05, 0.1) is 10.5 Å². The maximum atomic E-state index is 10.8. The molecular formula is C11H15N3O3. The minimum absolute atomic E-state index is 0.00829. The molecule has 6 nitrogen and oxygen atoms in total. The van der Waals surface area contributed by atoms with Crippen LogP contribution in [0.15, 0.2) is 18.5 Å². The predicted molar refractivity (Wildman–Crippen MR) is 63.0 cm³/mol. The third-order valence-electron chi connectivity index (χ3n) is 3.00. The minimum Gasteiger partial charge on any atom is -0.386 e. The molecule has 0 aromatic carbocycles. The highest BCUT2D eigenvalue weighted by Gasteiger charge is 2.42. The number of rotatable bonds is 4. The molecule has 1 aliphatic rings. The van der Waals surface area contributed by atoms with Gasteiger partial charge in [-0.25, -0.2) is 0 Å². The van der Waals surface area contributed by atoms with E-state index in [-0.39, 0.29) is 5.69 Å². The Morgan fingerprint density at radius 1 is 1.65 bits per heavy atom. The first-order valence-electron chi connectivity index (χ1n) is 5.61. The van der Waals surface area contributed by atoms with Crippen LogP contribution in [0, 0.1) is 10.1 Å². The van der Waals surface area contributed by atoms with Crippen molar-refractivity contribution < 1.29 is 10.0 Å². The normalized spacial score (nSPS) is 17.6. The molecule has 6 heteroatoms. The van der Waals surface area contributed by atoms with Gasteiger partial charge in [-0.1, -0.05) is 13.3 Å². The third kappa shape index (κ3) is 2.21. The smallest absolute Gasteiger partial charge is 0.310 e. The number of anilines is 1. The van der Waals surface area contributed by atoms with Crippen LogP contribution in [0.5, 0.6) is 0 Å². The van der Waals surface area contributed by atoms with Crippen LogP contribution in [-0.4, -0.2) is 33.7 Å². The largest absolute Gasteiger partial charge is 0.386 e. The number of pyridine rings is 1. The molecule has 1 N–H and O–H groups in total. The molecule has 0 unspecified atom stereocenters. The van der Waals surface area contributed by atoms with Gasteiger partial charge in [-0.05, 0) is 12.5 Å². The molecule has 0 spiro atoms. The highest BCUT2D eigenvalue weighted by molar-refractivity contribution is 5.63. The van der Waals surface area contributed by atoms with Crippen LogP contribution in [0.2, 0.25) is 0 Å². The monoisotopic (exact) mass is 237 g/mol. The molecule has 1 saturated heterocycles. The molecule has 1 aliphatic heterocycles. The van der Waals surface area contributed by atoms with Gasteiger partial charge in [0, 0.05) is 19.3 Å². The Kier molecular flexibility index (Phi) is 2.97. The SMILES string of the molecule is CCCC1(O)CN(c2ccncc2[N+](=O)[O-])C1. The van der Waals surface area contributed by atoms with E-state index in [4.69, 9.17) is 0 Å². The first-order chi connectivity index (χ1) is 8.06. The van der Waals surface area contributed by atoms with Crippen molar-refractivity contribution in [2.45, 2.75) is 25.4 Å². The first-order valence-corrected chi connectivity index (χ1v) is 5.61. The molecule has 17 heavy (non-hydrogen) atoms. The van der Waals surface area contributed by atoms with E-state index in [9.17, 15) is 15.2 Å². The lowest BCUT2D eigenvalue weighted by Gasteiger charge is -2.47. The van der Waals surface area contributed by atoms with Crippen LogP contribution in [0.4, 0.5) is 11.4 Å². The van der Waals surface area contributed by atoms with Crippen molar-refractivity contribution in [3.05, 3.63) is 28.6 Å². The molecule has 1 aromatic rings. The molecule has 1 aromatic heterocycles. The Morgan fingerprint density at radius 3 is 2.94 bits per heavy atom. The second kappa shape index (κ2) is 4.29. The highest BCUT2D eigenvalue weighted by atomic mass is 16.6. The second-order valence-electron chi connectivity index (χ2n) is 4.45. The lowest BCUT2D eigenvalue weighted by atomic mass is 9.89. The van der Waals surface area contributed by atoms with E-state index in [1.54, 1.807) is 6.07 Å². The summed E-state index contributed by atoms with van der Waals surface area (Å²) < 4.78 is 0. The first kappa shape index (κ1) is 11.8. The Hall–Kier alpha value is -1.69. The van der Waals surface area contributed by atoms with Gasteiger partial charge in [0.2, 0.25) is 0 Å². The third-order valence-corrected chi connectivity index (χ3v) is 3.00. The van der Waals surface area contributed by atoms with Crippen LogP contribution >= 0.6 is 0 Å². The summed E-state index contributed by atoms with van der Waals surface area (Å²) in [6.07, 6.45) is 4.40. The summed E-state index contributed by atoms with van der Waals surface area (Å²) in [6.45, 7) is 2.91. The van der Waals surface area contributed by atoms with Gasteiger partial charge in [0.1, 0.15) is 11.9 Å². The van der Waals surface area contributed by atoms with E-state index >= 15 is 0 Å². The summed E-state index contributed by atoms with van der Waals surface area (Å²) in [4.78, 5) is 15.9. The molecule has 0 saturated carbocycles. The molecule has 1 fully saturated rings. The van der Waals surface area contributed by atoms with Crippen LogP contribution in [0.25, 0.3) is 0 Å². The predicted octanol–water partition coefficient (Wildman–Crippen LogP) is 1.34. The van der Waals surface area contributed by atoms with Crippen molar-refractivity contribution in [3.63, 3.8) is 0 Å². The Morgan fingerprint density at radius 2 is 2.35 bits per heavy atom. The van der Waals surface area contributed by atoms with Crippen molar-refractivity contribution in [1.82, 2.24) is 4.98 Å². The average molecular weight is 237 g/mol. The molecule has 0 aliphatic carbocycles. The number of hydrogen-bond donors (Lipinski definition) is 1. The lowest BCUT2D eigenvalue weighted by Crippen LogP contribution is -2.62. The van der Waals surface area contributed by atoms with Crippen LogP contribution in [-0.2, 0) is 0 Å². The molecule has 0 bridgehead atoms. The number of β-amino-alcohol motifs (C(OH)–C–C–N with tert-alkyl or cyclic N) is 1. The number of nitrogens with zero attached hydrogens (tertiary/aromatic N) is 3. The molecule has 0 amide bonds. The fourth-order valence-electron chi connectivity index (χ4n) is 2.24. The van der Waals surface area contributed by atoms with Crippen LogP contribution in [0.1, 0.15) is 19.8 Å². The topological polar surface area (TPSA) is 79.5 Å². The Balaban J connectivity index is 2.14. The maximum Gasteiger partial charge on any atom is 0.310 e. The van der Waals surface area contributed by atoms with Gasteiger partial charge < -0.3 is 10.0 Å². The number of aliphatic hydroxyl groups is 1. The average Bonchev–Trinajstić information content (AvgIpc) is 2.26. The fraction of sp³-hybridized carbons (Fsp3) is 0.545. The van der Waals surface area contributed by atoms with E-state index in [0.717, 1.165) is 12.8 Å². The zero-order chi connectivity index (χ0) is 12.5. The molecule has 2 rings (SSSR count). The molecule has 0 atom stereocenters. The summed E-state index contributed by atoms with van der Waals surface area (Å²) in [5.41, 5.74) is -0.164. The van der Waals surface area contributed by atoms with Gasteiger partial charge in [0.15, 0.2) is 0 Å². The van der Waals surface area contributed by atoms with E-state index in [0.29, 0.717) is 18.8 Å². The van der Waals surface area contributed by atoms with E-state index in [2.05, 4.69) is 4.98 Å². The molecule has 0 radical (unpaired) electrons. The minimum atomic E-state index is -0.689. The van der Waals surface area contributed by atoms with E-state index in [1.165, 1.54) is 12.4 Å². The quantitative estimate of drug-likeness (QED) is 0.631. The fourth-order valence-corrected chi connectivity index (χ4v) is 2.24. The zero-order valence-corrected chi connectivity index (χ0v) is 9.67. The lowest BCUT2D eigenvalue weighted by molar-refractivity contribution is -0.384. The summed E-state index contributed by atoms with van der Waals surface area (Å²) in [5, 5.41) is 20.9. The van der Waals surface area contributed by atoms with Crippen molar-refractivity contribution in [2.75, 3.05) is 18.0 Å². The maximum absolute atomic E-state index is 10.8. The van der Waals surface area contributed by atoms with E-state index < -0.39 is 10.5 Å². The molecular weight excluding hydrogens is 222 g/mol. The van der Waals surface area contributed by atoms with Gasteiger partial charge in [0.25, 0.3) is 0 Å². The van der Waals surface area contributed by atoms with Crippen molar-refractivity contribution in [2.24, 2.45) is 0 Å². The highest BCUT2D eigenvalue weighted by Crippen LogP contribution is 2.35. The van der Waals surface area contributed by atoms with Gasteiger partial charge in [-0.2, -0.15) is 0 Å². The standard InChI is InChI=1S/C11H15N3O3/c1-2-4-11(15)7-13(8-11)9-3-5-12-6-10(9)14(16)17/h3,5-6,15H,2,4,7-8H2,1H3. The van der Waals surface area contributed by atoms with Gasteiger partial charge in [-0.15, -0.1) is 0 Å². The number of aromatic nitrogens is 1. The van der Waals surface area contributed by atoms with Crippen LogP contribution in [0.3, 0.4) is 0 Å². The van der Waals surface area contributed by atoms with Crippen LogP contribution < -0.4 is 4.90 Å². The second-order valence-corrected chi connectivity index (χ2v) is 4.45. The molecule has 92 valence electrons. The van der Waals surface area contributed by atoms with Gasteiger partial charge in [-0.3, -0.25) is 15.1 Å². The van der Waals surface area contributed by atoms with Crippen molar-refractivity contribution >= 4 is 11.4 Å². The molecule has 2 heterocycles. The number of hydrogen-bond acceptors (Lipinski definition) is 5. The summed E-state index contributed by atoms with van der Waals surface area (Å²) in [7, 11) is 0. The summed E-state index contributed by atoms with van der Waals surface area (Å²) >= 11 is 0. The summed E-state index contributed by atoms with van der Waals surface area (Å²) in [6, 6.07) is 1.61. The number of nitro groups is 1. The van der Waals surface area contributed by atoms with Crippen molar-refractivity contribution in [1.29, 1.82) is 0 Å². The van der Waals surface area contributed by atoms with Crippen molar-refractivity contribution in [3.8, 4) is 0 Å². The van der Waals surface area contributed by atoms with Gasteiger partial charge >= 0.3 is 5.69 Å². The summed E-state index contributed by atoms with van der Waals surface area (Å²) in [5.74, 6) is 0.